The Morgan fingerprint density at radius 1 is 1.11 bits per heavy atom. The third kappa shape index (κ3) is 4.39. The number of sulfone groups is 1. The van der Waals surface area contributed by atoms with Gasteiger partial charge in [0.1, 0.15) is 0 Å². The Kier molecular flexibility index (Phi) is 5.25. The van der Waals surface area contributed by atoms with Crippen LogP contribution in [0.5, 0.6) is 0 Å². The van der Waals surface area contributed by atoms with Gasteiger partial charge in [0.05, 0.1) is 27.5 Å². The molecule has 0 unspecified atom stereocenters. The molecular weight excluding hydrogens is 365 g/mol. The molecule has 1 saturated heterocycles. The smallest absolute Gasteiger partial charge is 0.399 e. The van der Waals surface area contributed by atoms with Crippen LogP contribution in [0.15, 0.2) is 23.4 Å². The summed E-state index contributed by atoms with van der Waals surface area (Å²) >= 11 is 0. The quantitative estimate of drug-likeness (QED) is 0.786. The zero-order valence-electron chi connectivity index (χ0n) is 16.9. The molecule has 3 rings (SSSR count). The third-order valence-corrected chi connectivity index (χ3v) is 8.11. The first-order chi connectivity index (χ1) is 12.3. The molecule has 1 aliphatic carbocycles. The molecule has 0 amide bonds. The summed E-state index contributed by atoms with van der Waals surface area (Å²) in [6.45, 7) is 9.64. The molecular formula is C19H30BNO5S. The van der Waals surface area contributed by atoms with Crippen LogP contribution >= 0.6 is 0 Å². The molecule has 27 heavy (non-hydrogen) atoms. The average Bonchev–Trinajstić information content (AvgIpc) is 2.78. The Labute approximate surface area is 162 Å². The molecule has 2 heterocycles. The second-order valence-electron chi connectivity index (χ2n) is 9.26. The molecule has 0 bridgehead atoms. The van der Waals surface area contributed by atoms with Crippen molar-refractivity contribution in [3.63, 3.8) is 0 Å². The van der Waals surface area contributed by atoms with Gasteiger partial charge < -0.3 is 14.4 Å². The van der Waals surface area contributed by atoms with E-state index in [2.05, 4.69) is 4.98 Å². The fourth-order valence-corrected chi connectivity index (χ4v) is 5.27. The maximum absolute atomic E-state index is 12.9. The molecule has 1 N–H and O–H groups in total. The van der Waals surface area contributed by atoms with Gasteiger partial charge in [0.25, 0.3) is 0 Å². The summed E-state index contributed by atoms with van der Waals surface area (Å²) in [4.78, 5) is 4.33. The van der Waals surface area contributed by atoms with Gasteiger partial charge >= 0.3 is 7.12 Å². The minimum absolute atomic E-state index is 0.0655. The van der Waals surface area contributed by atoms with Crippen molar-refractivity contribution in [2.24, 2.45) is 5.92 Å². The highest BCUT2D eigenvalue weighted by molar-refractivity contribution is 7.91. The van der Waals surface area contributed by atoms with E-state index in [-0.39, 0.29) is 16.6 Å². The van der Waals surface area contributed by atoms with Gasteiger partial charge in [0.15, 0.2) is 9.84 Å². The van der Waals surface area contributed by atoms with Crippen LogP contribution in [0, 0.1) is 5.92 Å². The predicted octanol–water partition coefficient (Wildman–Crippen LogP) is 2.10. The monoisotopic (exact) mass is 395 g/mol. The third-order valence-electron chi connectivity index (χ3n) is 6.26. The van der Waals surface area contributed by atoms with E-state index in [1.165, 1.54) is 6.20 Å². The summed E-state index contributed by atoms with van der Waals surface area (Å²) in [5, 5.41) is 10.1. The van der Waals surface area contributed by atoms with Gasteiger partial charge in [-0.15, -0.1) is 0 Å². The van der Waals surface area contributed by atoms with Crippen molar-refractivity contribution in [3.8, 4) is 0 Å². The van der Waals surface area contributed by atoms with Crippen LogP contribution in [0.1, 0.15) is 60.3 Å². The zero-order chi connectivity index (χ0) is 20.1. The molecule has 8 heteroatoms. The molecule has 0 radical (unpaired) electrons. The van der Waals surface area contributed by atoms with Crippen molar-refractivity contribution in [2.75, 3.05) is 5.75 Å². The van der Waals surface area contributed by atoms with Crippen LogP contribution in [0.25, 0.3) is 0 Å². The Morgan fingerprint density at radius 3 is 2.22 bits per heavy atom. The highest BCUT2D eigenvalue weighted by atomic mass is 32.2. The van der Waals surface area contributed by atoms with Gasteiger partial charge in [-0.3, -0.25) is 4.98 Å². The zero-order valence-corrected chi connectivity index (χ0v) is 17.7. The van der Waals surface area contributed by atoms with Crippen molar-refractivity contribution >= 4 is 22.4 Å². The molecule has 2 fully saturated rings. The lowest BCUT2D eigenvalue weighted by Gasteiger charge is -2.32. The number of pyridine rings is 1. The second-order valence-corrected chi connectivity index (χ2v) is 11.3. The molecule has 1 aromatic heterocycles. The van der Waals surface area contributed by atoms with E-state index in [0.29, 0.717) is 18.3 Å². The number of aromatic nitrogens is 1. The van der Waals surface area contributed by atoms with E-state index in [4.69, 9.17) is 9.31 Å². The number of hydrogen-bond acceptors (Lipinski definition) is 6. The summed E-state index contributed by atoms with van der Waals surface area (Å²) < 4.78 is 37.8. The van der Waals surface area contributed by atoms with Crippen molar-refractivity contribution in [1.82, 2.24) is 4.98 Å². The summed E-state index contributed by atoms with van der Waals surface area (Å²) in [7, 11) is -4.10. The number of nitrogens with zero attached hydrogens (tertiary/aromatic N) is 1. The summed E-state index contributed by atoms with van der Waals surface area (Å²) in [5.41, 5.74) is -1.04. The van der Waals surface area contributed by atoms with Crippen LogP contribution in [-0.2, 0) is 19.1 Å². The Bertz CT molecular complexity index is 780. The molecule has 0 aromatic carbocycles. The van der Waals surface area contributed by atoms with E-state index >= 15 is 0 Å². The normalized spacial score (nSPS) is 30.4. The Hall–Kier alpha value is -0.955. The standard InChI is InChI=1S/C19H30BNO5S/c1-17(2)18(3,4)26-20(25-17)15-10-16(12-21-11-15)27(23,24)13-14-6-8-19(5,22)9-7-14/h10-12,14,22H,6-9,13H2,1-5H3. The number of hydrogen-bond donors (Lipinski definition) is 1. The highest BCUT2D eigenvalue weighted by Gasteiger charge is 2.52. The molecule has 1 saturated carbocycles. The topological polar surface area (TPSA) is 85.7 Å². The SMILES string of the molecule is CC1(O)CCC(CS(=O)(=O)c2cncc(B3OC(C)(C)C(C)(C)O3)c2)CC1. The van der Waals surface area contributed by atoms with Crippen LogP contribution in [0.3, 0.4) is 0 Å². The predicted molar refractivity (Wildman–Crippen MR) is 105 cm³/mol. The first-order valence-corrected chi connectivity index (χ1v) is 11.2. The van der Waals surface area contributed by atoms with Crippen LogP contribution < -0.4 is 5.46 Å². The molecule has 2 aliphatic rings. The number of rotatable bonds is 4. The molecule has 6 nitrogen and oxygen atoms in total. The fourth-order valence-electron chi connectivity index (χ4n) is 3.59. The first-order valence-electron chi connectivity index (χ1n) is 9.57. The Morgan fingerprint density at radius 2 is 1.67 bits per heavy atom. The minimum Gasteiger partial charge on any atom is -0.399 e. The summed E-state index contributed by atoms with van der Waals surface area (Å²) in [6.07, 6.45) is 5.70. The van der Waals surface area contributed by atoms with E-state index in [9.17, 15) is 13.5 Å². The largest absolute Gasteiger partial charge is 0.496 e. The molecule has 0 atom stereocenters. The van der Waals surface area contributed by atoms with Crippen molar-refractivity contribution in [2.45, 2.75) is 82.0 Å². The molecule has 1 aliphatic heterocycles. The molecule has 150 valence electrons. The van der Waals surface area contributed by atoms with Gasteiger partial charge in [-0.05, 0) is 72.3 Å². The summed E-state index contributed by atoms with van der Waals surface area (Å²) in [5.74, 6) is 0.146. The Balaban J connectivity index is 1.75. The maximum atomic E-state index is 12.9. The lowest BCUT2D eigenvalue weighted by Crippen LogP contribution is -2.41. The van der Waals surface area contributed by atoms with Crippen LogP contribution in [0.2, 0.25) is 0 Å². The fraction of sp³-hybridized carbons (Fsp3) is 0.737. The lowest BCUT2D eigenvalue weighted by atomic mass is 9.80. The van der Waals surface area contributed by atoms with Crippen molar-refractivity contribution in [3.05, 3.63) is 18.5 Å². The van der Waals surface area contributed by atoms with Crippen LogP contribution in [-0.4, -0.2) is 48.2 Å². The molecule has 0 spiro atoms. The first kappa shape index (κ1) is 20.8. The van der Waals surface area contributed by atoms with Gasteiger partial charge in [-0.1, -0.05) is 0 Å². The van der Waals surface area contributed by atoms with Gasteiger partial charge in [-0.25, -0.2) is 8.42 Å². The van der Waals surface area contributed by atoms with Crippen LogP contribution in [0.4, 0.5) is 0 Å². The molecule has 1 aromatic rings. The van der Waals surface area contributed by atoms with E-state index in [1.807, 2.05) is 34.6 Å². The van der Waals surface area contributed by atoms with Gasteiger partial charge in [0, 0.05) is 17.9 Å². The van der Waals surface area contributed by atoms with E-state index < -0.39 is 33.8 Å². The van der Waals surface area contributed by atoms with Gasteiger partial charge in [-0.2, -0.15) is 0 Å². The highest BCUT2D eigenvalue weighted by Crippen LogP contribution is 2.37. The van der Waals surface area contributed by atoms with Crippen molar-refractivity contribution in [1.29, 1.82) is 0 Å². The van der Waals surface area contributed by atoms with E-state index in [0.717, 1.165) is 12.8 Å². The number of aliphatic hydroxyl groups is 1. The van der Waals surface area contributed by atoms with Gasteiger partial charge in [0.2, 0.25) is 0 Å². The lowest BCUT2D eigenvalue weighted by molar-refractivity contribution is 0.00578. The summed E-state index contributed by atoms with van der Waals surface area (Å²) in [6, 6.07) is 1.61. The van der Waals surface area contributed by atoms with Crippen molar-refractivity contribution < 1.29 is 22.8 Å². The average molecular weight is 395 g/mol. The minimum atomic E-state index is -3.46. The second kappa shape index (κ2) is 6.83. The maximum Gasteiger partial charge on any atom is 0.496 e. The van der Waals surface area contributed by atoms with E-state index in [1.54, 1.807) is 12.3 Å².